The van der Waals surface area contributed by atoms with E-state index in [0.29, 0.717) is 0 Å². The van der Waals surface area contributed by atoms with Gasteiger partial charge in [0.1, 0.15) is 0 Å². The molecule has 4 nitrogen and oxygen atoms in total. The molecule has 2 heterocycles. The van der Waals surface area contributed by atoms with Gasteiger partial charge in [-0.05, 0) is 39.4 Å². The van der Waals surface area contributed by atoms with Crippen LogP contribution in [0.2, 0.25) is 0 Å². The van der Waals surface area contributed by atoms with E-state index >= 15 is 0 Å². The van der Waals surface area contributed by atoms with Crippen LogP contribution >= 0.6 is 11.3 Å². The second-order valence-corrected chi connectivity index (χ2v) is 6.10. The molecule has 0 amide bonds. The third-order valence-corrected chi connectivity index (χ3v) is 4.55. The Hall–Kier alpha value is -1.46. The van der Waals surface area contributed by atoms with Crippen LogP contribution in [0.15, 0.2) is 18.2 Å². The van der Waals surface area contributed by atoms with E-state index < -0.39 is 0 Å². The summed E-state index contributed by atoms with van der Waals surface area (Å²) >= 11 is 1.79. The van der Waals surface area contributed by atoms with Crippen LogP contribution in [0.3, 0.4) is 0 Å². The maximum atomic E-state index is 4.81. The molecule has 2 rings (SSSR count). The Bertz CT molecular complexity index is 579. The number of aromatic nitrogens is 2. The minimum absolute atomic E-state index is 0.813. The van der Waals surface area contributed by atoms with Crippen LogP contribution in [0.1, 0.15) is 35.8 Å². The Morgan fingerprint density at radius 3 is 2.67 bits per heavy atom. The van der Waals surface area contributed by atoms with Crippen LogP contribution < -0.4 is 10.2 Å². The number of aryl methyl sites for hydroxylation is 2. The van der Waals surface area contributed by atoms with E-state index in [4.69, 9.17) is 4.98 Å². The minimum Gasteiger partial charge on any atom is -0.342 e. The number of pyridine rings is 1. The normalized spacial score (nSPS) is 10.9. The third-order valence-electron chi connectivity index (χ3n) is 3.39. The molecule has 0 aliphatic heterocycles. The molecule has 0 aliphatic rings. The fraction of sp³-hybridized carbons (Fsp3) is 0.500. The van der Waals surface area contributed by atoms with E-state index in [2.05, 4.69) is 41.2 Å². The molecule has 2 aromatic rings. The first-order chi connectivity index (χ1) is 10.2. The average molecular weight is 304 g/mol. The van der Waals surface area contributed by atoms with E-state index in [9.17, 15) is 0 Å². The number of nitrogens with one attached hydrogen (secondary N) is 1. The zero-order valence-electron chi connectivity index (χ0n) is 13.3. The summed E-state index contributed by atoms with van der Waals surface area (Å²) in [5.74, 6) is 0. The fourth-order valence-corrected chi connectivity index (χ4v) is 3.50. The van der Waals surface area contributed by atoms with Gasteiger partial charge in [-0.25, -0.2) is 4.98 Å². The lowest BCUT2D eigenvalue weighted by Gasteiger charge is -2.19. The molecule has 1 N–H and O–H groups in total. The molecule has 0 fully saturated rings. The van der Waals surface area contributed by atoms with Gasteiger partial charge in [-0.1, -0.05) is 13.0 Å². The zero-order chi connectivity index (χ0) is 15.2. The molecule has 0 bridgehead atoms. The van der Waals surface area contributed by atoms with Crippen molar-refractivity contribution in [3.8, 4) is 0 Å². The molecule has 0 radical (unpaired) electrons. The van der Waals surface area contributed by atoms with Crippen molar-refractivity contribution < 1.29 is 0 Å². The summed E-state index contributed by atoms with van der Waals surface area (Å²) in [6, 6.07) is 6.18. The van der Waals surface area contributed by atoms with Crippen molar-refractivity contribution >= 4 is 16.5 Å². The average Bonchev–Trinajstić information content (AvgIpc) is 2.88. The van der Waals surface area contributed by atoms with Gasteiger partial charge in [0.25, 0.3) is 0 Å². The molecule has 0 aromatic carbocycles. The second kappa shape index (κ2) is 7.52. The van der Waals surface area contributed by atoms with Crippen molar-refractivity contribution in [3.05, 3.63) is 40.2 Å². The molecule has 0 aliphatic carbocycles. The topological polar surface area (TPSA) is 41.1 Å². The van der Waals surface area contributed by atoms with Crippen molar-refractivity contribution in [3.63, 3.8) is 0 Å². The Labute approximate surface area is 131 Å². The van der Waals surface area contributed by atoms with Crippen molar-refractivity contribution in [2.45, 2.75) is 40.3 Å². The Morgan fingerprint density at radius 1 is 1.24 bits per heavy atom. The molecule has 0 saturated carbocycles. The lowest BCUT2D eigenvalue weighted by atomic mass is 10.3. The molecule has 21 heavy (non-hydrogen) atoms. The van der Waals surface area contributed by atoms with E-state index in [1.165, 1.54) is 10.6 Å². The first-order valence-corrected chi connectivity index (χ1v) is 8.30. The number of anilines is 1. The van der Waals surface area contributed by atoms with Crippen LogP contribution in [-0.4, -0.2) is 23.6 Å². The van der Waals surface area contributed by atoms with Crippen LogP contribution in [0.4, 0.5) is 5.13 Å². The molecule has 114 valence electrons. The van der Waals surface area contributed by atoms with Gasteiger partial charge in [-0.3, -0.25) is 4.98 Å². The molecule has 0 atom stereocenters. The first-order valence-electron chi connectivity index (χ1n) is 7.48. The molecule has 0 spiro atoms. The maximum Gasteiger partial charge on any atom is 0.186 e. The van der Waals surface area contributed by atoms with Gasteiger partial charge in [-0.2, -0.15) is 0 Å². The van der Waals surface area contributed by atoms with Crippen molar-refractivity contribution in [1.29, 1.82) is 0 Å². The predicted octanol–water partition coefficient (Wildman–Crippen LogP) is 3.15. The summed E-state index contributed by atoms with van der Waals surface area (Å²) < 4.78 is 0. The van der Waals surface area contributed by atoms with Gasteiger partial charge < -0.3 is 10.2 Å². The van der Waals surface area contributed by atoms with Gasteiger partial charge in [-0.15, -0.1) is 11.3 Å². The number of nitrogens with zero attached hydrogens (tertiary/aromatic N) is 3. The lowest BCUT2D eigenvalue weighted by Crippen LogP contribution is -2.22. The first kappa shape index (κ1) is 15.9. The third kappa shape index (κ3) is 4.02. The van der Waals surface area contributed by atoms with Crippen LogP contribution in [0.25, 0.3) is 0 Å². The number of thiazole rings is 1. The summed E-state index contributed by atoms with van der Waals surface area (Å²) in [7, 11) is 1.98. The second-order valence-electron chi connectivity index (χ2n) is 5.03. The molecule has 2 aromatic heterocycles. The van der Waals surface area contributed by atoms with Crippen LogP contribution in [-0.2, 0) is 19.5 Å². The molecular formula is C16H24N4S. The number of rotatable bonds is 7. The molecule has 5 heteroatoms. The van der Waals surface area contributed by atoms with Gasteiger partial charge in [0.15, 0.2) is 5.13 Å². The Kier molecular flexibility index (Phi) is 5.70. The summed E-state index contributed by atoms with van der Waals surface area (Å²) in [4.78, 5) is 13.0. The summed E-state index contributed by atoms with van der Waals surface area (Å²) in [6.45, 7) is 9.00. The lowest BCUT2D eigenvalue weighted by molar-refractivity contribution is 0.793. The highest BCUT2D eigenvalue weighted by atomic mass is 32.1. The predicted molar refractivity (Wildman–Crippen MR) is 90.0 cm³/mol. The van der Waals surface area contributed by atoms with Crippen molar-refractivity contribution in [1.82, 2.24) is 15.3 Å². The van der Waals surface area contributed by atoms with Gasteiger partial charge in [0, 0.05) is 23.7 Å². The van der Waals surface area contributed by atoms with E-state index in [-0.39, 0.29) is 0 Å². The monoisotopic (exact) mass is 304 g/mol. The van der Waals surface area contributed by atoms with E-state index in [0.717, 1.165) is 42.6 Å². The minimum atomic E-state index is 0.813. The highest BCUT2D eigenvalue weighted by Gasteiger charge is 2.14. The quantitative estimate of drug-likeness (QED) is 0.853. The Balaban J connectivity index is 2.20. The van der Waals surface area contributed by atoms with Crippen LogP contribution in [0, 0.1) is 6.92 Å². The van der Waals surface area contributed by atoms with Gasteiger partial charge in [0.05, 0.1) is 17.9 Å². The van der Waals surface area contributed by atoms with E-state index in [1.54, 1.807) is 11.3 Å². The summed E-state index contributed by atoms with van der Waals surface area (Å²) in [5, 5.41) is 4.33. The number of hydrogen-bond donors (Lipinski definition) is 1. The molecule has 0 unspecified atom stereocenters. The highest BCUT2D eigenvalue weighted by molar-refractivity contribution is 7.15. The SMILES string of the molecule is CCc1nc(N(CC)Cc2cccc(C)n2)sc1CNC. The van der Waals surface area contributed by atoms with Gasteiger partial charge in [0.2, 0.25) is 0 Å². The zero-order valence-corrected chi connectivity index (χ0v) is 14.1. The number of hydrogen-bond acceptors (Lipinski definition) is 5. The van der Waals surface area contributed by atoms with E-state index in [1.807, 2.05) is 20.0 Å². The fourth-order valence-electron chi connectivity index (χ4n) is 2.28. The van der Waals surface area contributed by atoms with Crippen LogP contribution in [0.5, 0.6) is 0 Å². The standard InChI is InChI=1S/C16H24N4S/c1-5-14-15(10-17-4)21-16(19-14)20(6-2)11-13-9-7-8-12(3)18-13/h7-9,17H,5-6,10-11H2,1-4H3. The van der Waals surface area contributed by atoms with Crippen molar-refractivity contribution in [2.75, 3.05) is 18.5 Å². The van der Waals surface area contributed by atoms with Gasteiger partial charge >= 0.3 is 0 Å². The summed E-state index contributed by atoms with van der Waals surface area (Å²) in [5.41, 5.74) is 3.37. The largest absolute Gasteiger partial charge is 0.342 e. The highest BCUT2D eigenvalue weighted by Crippen LogP contribution is 2.27. The van der Waals surface area contributed by atoms with Crippen molar-refractivity contribution in [2.24, 2.45) is 0 Å². The smallest absolute Gasteiger partial charge is 0.186 e. The Morgan fingerprint density at radius 2 is 2.05 bits per heavy atom. The molecular weight excluding hydrogens is 280 g/mol. The molecule has 0 saturated heterocycles. The summed E-state index contributed by atoms with van der Waals surface area (Å²) in [6.07, 6.45) is 0.980. The maximum absolute atomic E-state index is 4.81.